The fraction of sp³-hybridized carbons (Fsp3) is 0.333. The van der Waals surface area contributed by atoms with Crippen molar-refractivity contribution < 1.29 is 22.7 Å². The Balaban J connectivity index is 2.05. The molecule has 0 bridgehead atoms. The van der Waals surface area contributed by atoms with Crippen molar-refractivity contribution in [2.75, 3.05) is 24.0 Å². The SMILES string of the molecule is CCOc1ccccc1N(CC(=O)N(Cc1cccc(Br)c1)[C@@H](C)C(=O)NCC(C)C)S(=O)(=O)c1ccccc1. The molecule has 0 spiro atoms. The second-order valence-electron chi connectivity index (χ2n) is 9.69. The second kappa shape index (κ2) is 14.3. The molecule has 3 aromatic carbocycles. The van der Waals surface area contributed by atoms with E-state index in [2.05, 4.69) is 21.2 Å². The van der Waals surface area contributed by atoms with Gasteiger partial charge in [0.1, 0.15) is 18.3 Å². The predicted molar refractivity (Wildman–Crippen MR) is 161 cm³/mol. The number of carbonyl (C=O) groups excluding carboxylic acids is 2. The Bertz CT molecular complexity index is 1400. The number of nitrogens with zero attached hydrogens (tertiary/aromatic N) is 2. The smallest absolute Gasteiger partial charge is 0.264 e. The van der Waals surface area contributed by atoms with Crippen LogP contribution in [-0.4, -0.2) is 50.9 Å². The molecule has 214 valence electrons. The summed E-state index contributed by atoms with van der Waals surface area (Å²) in [5, 5.41) is 2.89. The number of para-hydroxylation sites is 2. The molecule has 0 aliphatic carbocycles. The highest BCUT2D eigenvalue weighted by molar-refractivity contribution is 9.10. The van der Waals surface area contributed by atoms with Crippen molar-refractivity contribution in [1.82, 2.24) is 10.2 Å². The fourth-order valence-electron chi connectivity index (χ4n) is 4.04. The van der Waals surface area contributed by atoms with Gasteiger partial charge in [0.25, 0.3) is 10.0 Å². The lowest BCUT2D eigenvalue weighted by Crippen LogP contribution is -2.51. The van der Waals surface area contributed by atoms with Crippen molar-refractivity contribution in [3.05, 3.63) is 88.9 Å². The Kier molecular flexibility index (Phi) is 11.2. The zero-order valence-electron chi connectivity index (χ0n) is 23.2. The Morgan fingerprint density at radius 3 is 2.27 bits per heavy atom. The van der Waals surface area contributed by atoms with Gasteiger partial charge in [-0.3, -0.25) is 13.9 Å². The van der Waals surface area contributed by atoms with Gasteiger partial charge >= 0.3 is 0 Å². The van der Waals surface area contributed by atoms with Crippen molar-refractivity contribution in [1.29, 1.82) is 0 Å². The number of amides is 2. The standard InChI is InChI=1S/C30H36BrN3O5S/c1-5-39-28-17-10-9-16-27(28)34(40(37,38)26-14-7-6-8-15-26)21-29(35)33(20-24-12-11-13-25(31)18-24)23(4)30(36)32-19-22(2)3/h6-18,22-23H,5,19-21H2,1-4H3,(H,32,36)/t23-/m0/s1. The summed E-state index contributed by atoms with van der Waals surface area (Å²) in [5.41, 5.74) is 1.03. The van der Waals surface area contributed by atoms with Gasteiger partial charge in [-0.1, -0.05) is 72.2 Å². The number of hydrogen-bond acceptors (Lipinski definition) is 5. The number of halogens is 1. The fourth-order valence-corrected chi connectivity index (χ4v) is 5.93. The summed E-state index contributed by atoms with van der Waals surface area (Å²) in [7, 11) is -4.17. The lowest BCUT2D eigenvalue weighted by atomic mass is 10.1. The average molecular weight is 631 g/mol. The lowest BCUT2D eigenvalue weighted by Gasteiger charge is -2.32. The molecule has 3 aromatic rings. The number of sulfonamides is 1. The zero-order chi connectivity index (χ0) is 29.3. The summed E-state index contributed by atoms with van der Waals surface area (Å²) in [6.45, 7) is 7.77. The van der Waals surface area contributed by atoms with Crippen LogP contribution in [-0.2, 0) is 26.2 Å². The molecule has 0 saturated heterocycles. The van der Waals surface area contributed by atoms with Gasteiger partial charge in [0.2, 0.25) is 11.8 Å². The maximum Gasteiger partial charge on any atom is 0.264 e. The maximum absolute atomic E-state index is 14.0. The molecule has 0 aliphatic rings. The number of ether oxygens (including phenoxy) is 1. The van der Waals surface area contributed by atoms with E-state index in [0.717, 1.165) is 14.3 Å². The van der Waals surface area contributed by atoms with E-state index in [1.807, 2.05) is 38.1 Å². The van der Waals surface area contributed by atoms with Crippen LogP contribution in [0.25, 0.3) is 0 Å². The predicted octanol–water partition coefficient (Wildman–Crippen LogP) is 5.23. The largest absolute Gasteiger partial charge is 0.492 e. The van der Waals surface area contributed by atoms with E-state index in [1.165, 1.54) is 17.0 Å². The summed E-state index contributed by atoms with van der Waals surface area (Å²) in [6, 6.07) is 21.2. The minimum absolute atomic E-state index is 0.0374. The van der Waals surface area contributed by atoms with Crippen LogP contribution < -0.4 is 14.4 Å². The number of hydrogen-bond donors (Lipinski definition) is 1. The second-order valence-corrected chi connectivity index (χ2v) is 12.5. The molecule has 3 rings (SSSR count). The van der Waals surface area contributed by atoms with Gasteiger partial charge in [0.05, 0.1) is 17.2 Å². The van der Waals surface area contributed by atoms with Gasteiger partial charge in [0, 0.05) is 17.6 Å². The molecular weight excluding hydrogens is 594 g/mol. The van der Waals surface area contributed by atoms with Crippen molar-refractivity contribution in [3.8, 4) is 5.75 Å². The van der Waals surface area contributed by atoms with Crippen LogP contribution in [0.15, 0.2) is 88.2 Å². The third-order valence-corrected chi connectivity index (χ3v) is 8.40. The van der Waals surface area contributed by atoms with Gasteiger partial charge in [-0.15, -0.1) is 0 Å². The van der Waals surface area contributed by atoms with Crippen LogP contribution >= 0.6 is 15.9 Å². The highest BCUT2D eigenvalue weighted by atomic mass is 79.9. The van der Waals surface area contributed by atoms with Crippen molar-refractivity contribution in [2.24, 2.45) is 5.92 Å². The van der Waals surface area contributed by atoms with Crippen LogP contribution in [0.4, 0.5) is 5.69 Å². The first-order chi connectivity index (χ1) is 19.0. The molecule has 0 saturated carbocycles. The van der Waals surface area contributed by atoms with E-state index in [9.17, 15) is 18.0 Å². The lowest BCUT2D eigenvalue weighted by molar-refractivity contribution is -0.139. The molecule has 1 atom stereocenters. The van der Waals surface area contributed by atoms with Crippen LogP contribution in [0.3, 0.4) is 0 Å². The minimum atomic E-state index is -4.17. The summed E-state index contributed by atoms with van der Waals surface area (Å²) in [4.78, 5) is 28.6. The molecule has 0 heterocycles. The minimum Gasteiger partial charge on any atom is -0.492 e. The topological polar surface area (TPSA) is 96.0 Å². The van der Waals surface area contributed by atoms with Crippen LogP contribution in [0.5, 0.6) is 5.75 Å². The number of nitrogens with one attached hydrogen (secondary N) is 1. The van der Waals surface area contributed by atoms with Crippen molar-refractivity contribution in [3.63, 3.8) is 0 Å². The molecule has 0 aliphatic heterocycles. The third-order valence-electron chi connectivity index (χ3n) is 6.14. The highest BCUT2D eigenvalue weighted by Crippen LogP contribution is 2.33. The highest BCUT2D eigenvalue weighted by Gasteiger charge is 2.33. The summed E-state index contributed by atoms with van der Waals surface area (Å²) in [5.74, 6) is -0.285. The zero-order valence-corrected chi connectivity index (χ0v) is 25.6. The summed E-state index contributed by atoms with van der Waals surface area (Å²) in [6.07, 6.45) is 0. The molecule has 0 fully saturated rings. The molecule has 8 nitrogen and oxygen atoms in total. The average Bonchev–Trinajstić information content (AvgIpc) is 2.94. The molecule has 2 amide bonds. The molecule has 0 unspecified atom stereocenters. The number of rotatable bonds is 13. The van der Waals surface area contributed by atoms with Gasteiger partial charge in [-0.2, -0.15) is 0 Å². The molecule has 40 heavy (non-hydrogen) atoms. The van der Waals surface area contributed by atoms with E-state index >= 15 is 0 Å². The first kappa shape index (κ1) is 31.2. The summed E-state index contributed by atoms with van der Waals surface area (Å²) >= 11 is 3.46. The number of benzene rings is 3. The number of anilines is 1. The number of carbonyl (C=O) groups is 2. The Labute approximate surface area is 245 Å². The molecule has 1 N–H and O–H groups in total. The molecule has 0 radical (unpaired) electrons. The van der Waals surface area contributed by atoms with Crippen LogP contribution in [0, 0.1) is 5.92 Å². The Morgan fingerprint density at radius 1 is 0.950 bits per heavy atom. The quantitative estimate of drug-likeness (QED) is 0.279. The van der Waals surface area contributed by atoms with E-state index in [4.69, 9.17) is 4.74 Å². The Morgan fingerprint density at radius 2 is 1.62 bits per heavy atom. The van der Waals surface area contributed by atoms with E-state index in [-0.39, 0.29) is 29.0 Å². The van der Waals surface area contributed by atoms with E-state index in [1.54, 1.807) is 56.3 Å². The van der Waals surface area contributed by atoms with Crippen molar-refractivity contribution in [2.45, 2.75) is 45.2 Å². The van der Waals surface area contributed by atoms with Gasteiger partial charge in [-0.25, -0.2) is 8.42 Å². The van der Waals surface area contributed by atoms with E-state index in [0.29, 0.717) is 18.9 Å². The van der Waals surface area contributed by atoms with Crippen LogP contribution in [0.2, 0.25) is 0 Å². The molecule has 0 aromatic heterocycles. The first-order valence-corrected chi connectivity index (χ1v) is 15.4. The first-order valence-electron chi connectivity index (χ1n) is 13.2. The van der Waals surface area contributed by atoms with Gasteiger partial charge in [-0.05, 0) is 61.7 Å². The third kappa shape index (κ3) is 8.08. The molecule has 10 heteroatoms. The normalized spacial score (nSPS) is 12.1. The monoisotopic (exact) mass is 629 g/mol. The summed E-state index contributed by atoms with van der Waals surface area (Å²) < 4.78 is 35.5. The van der Waals surface area contributed by atoms with Gasteiger partial charge < -0.3 is 15.0 Å². The van der Waals surface area contributed by atoms with Crippen molar-refractivity contribution >= 4 is 43.5 Å². The van der Waals surface area contributed by atoms with Gasteiger partial charge in [0.15, 0.2) is 0 Å². The van der Waals surface area contributed by atoms with E-state index < -0.39 is 28.5 Å². The maximum atomic E-state index is 14.0. The molecular formula is C30H36BrN3O5S. The van der Waals surface area contributed by atoms with Crippen LogP contribution in [0.1, 0.15) is 33.3 Å². The Hall–Kier alpha value is -3.37.